The van der Waals surface area contributed by atoms with Crippen LogP contribution in [0.1, 0.15) is 4.88 Å². The summed E-state index contributed by atoms with van der Waals surface area (Å²) in [6.45, 7) is 0.0406. The Morgan fingerprint density at radius 3 is 3.08 bits per heavy atom. The van der Waals surface area contributed by atoms with E-state index in [1.165, 1.54) is 11.3 Å². The second-order valence-electron chi connectivity index (χ2n) is 2.22. The molecule has 4 nitrogen and oxygen atoms in total. The maximum atomic E-state index is 8.79. The molecule has 0 aliphatic heterocycles. The molecule has 2 heterocycles. The van der Waals surface area contributed by atoms with Crippen LogP contribution in [0.3, 0.4) is 0 Å². The molecule has 0 saturated heterocycles. The number of rotatable bonds is 2. The number of nitrogens with zero attached hydrogens (tertiary/aromatic N) is 3. The van der Waals surface area contributed by atoms with E-state index in [0.717, 1.165) is 10.0 Å². The zero-order valence-corrected chi connectivity index (χ0v) is 7.03. The molecule has 0 radical (unpaired) electrons. The average Bonchev–Trinajstić information content (AvgIpc) is 2.75. The molecule has 0 aliphatic carbocycles. The minimum Gasteiger partial charge on any atom is -0.391 e. The number of hydrogen-bond acceptors (Lipinski definition) is 4. The summed E-state index contributed by atoms with van der Waals surface area (Å²) in [5.41, 5.74) is 0. The van der Waals surface area contributed by atoms with E-state index in [1.807, 2.05) is 12.3 Å². The van der Waals surface area contributed by atoms with Gasteiger partial charge in [0.25, 0.3) is 0 Å². The highest BCUT2D eigenvalue weighted by atomic mass is 32.1. The van der Waals surface area contributed by atoms with Crippen LogP contribution in [0, 0.1) is 0 Å². The number of hydrogen-bond donors (Lipinski definition) is 1. The zero-order chi connectivity index (χ0) is 8.39. The first-order valence-electron chi connectivity index (χ1n) is 3.46. The highest BCUT2D eigenvalue weighted by Gasteiger charge is 2.01. The van der Waals surface area contributed by atoms with Gasteiger partial charge in [-0.15, -0.1) is 0 Å². The van der Waals surface area contributed by atoms with E-state index in [2.05, 4.69) is 10.1 Å². The summed E-state index contributed by atoms with van der Waals surface area (Å²) in [5, 5.41) is 13.6. The van der Waals surface area contributed by atoms with Crippen LogP contribution in [0.25, 0.3) is 5.13 Å². The highest BCUT2D eigenvalue weighted by molar-refractivity contribution is 7.14. The predicted octanol–water partition coefficient (Wildman–Crippen LogP) is 0.821. The van der Waals surface area contributed by atoms with E-state index >= 15 is 0 Å². The maximum Gasteiger partial charge on any atom is 0.210 e. The predicted molar refractivity (Wildman–Crippen MR) is 45.2 cm³/mol. The van der Waals surface area contributed by atoms with Crippen molar-refractivity contribution >= 4 is 11.3 Å². The van der Waals surface area contributed by atoms with Crippen molar-refractivity contribution < 1.29 is 5.11 Å². The average molecular weight is 181 g/mol. The molecule has 2 aromatic rings. The molecule has 0 spiro atoms. The van der Waals surface area contributed by atoms with Gasteiger partial charge in [-0.3, -0.25) is 0 Å². The van der Waals surface area contributed by atoms with Gasteiger partial charge in [0, 0.05) is 18.6 Å². The van der Waals surface area contributed by atoms with Gasteiger partial charge in [0.15, 0.2) is 0 Å². The number of aliphatic hydroxyl groups excluding tert-OH is 1. The van der Waals surface area contributed by atoms with E-state index in [1.54, 1.807) is 17.1 Å². The van der Waals surface area contributed by atoms with Crippen LogP contribution < -0.4 is 0 Å². The van der Waals surface area contributed by atoms with E-state index < -0.39 is 0 Å². The van der Waals surface area contributed by atoms with Gasteiger partial charge in [-0.05, 0) is 6.07 Å². The minimum atomic E-state index is 0.0406. The number of aliphatic hydroxyl groups is 1. The summed E-state index contributed by atoms with van der Waals surface area (Å²) in [7, 11) is 0. The van der Waals surface area contributed by atoms with Crippen LogP contribution in [-0.4, -0.2) is 19.9 Å². The topological polar surface area (TPSA) is 50.9 Å². The molecule has 0 atom stereocenters. The summed E-state index contributed by atoms with van der Waals surface area (Å²) in [6.07, 6.45) is 5.17. The van der Waals surface area contributed by atoms with Gasteiger partial charge in [-0.25, -0.2) is 9.67 Å². The van der Waals surface area contributed by atoms with E-state index in [-0.39, 0.29) is 6.61 Å². The molecule has 0 saturated carbocycles. The fraction of sp³-hybridized carbons (Fsp3) is 0.143. The molecule has 5 heteroatoms. The standard InChI is InChI=1S/C7H7N3OS/c11-5-6-4-8-7(12-6)10-3-1-2-9-10/h1-4,11H,5H2. The van der Waals surface area contributed by atoms with Crippen molar-refractivity contribution in [2.45, 2.75) is 6.61 Å². The normalized spacial score (nSPS) is 10.4. The van der Waals surface area contributed by atoms with E-state index in [0.29, 0.717) is 0 Å². The molecule has 2 rings (SSSR count). The molecule has 1 N–H and O–H groups in total. The molecular formula is C7H7N3OS. The molecule has 0 aliphatic rings. The first kappa shape index (κ1) is 7.45. The Balaban J connectivity index is 2.35. The summed E-state index contributed by atoms with van der Waals surface area (Å²) < 4.78 is 1.67. The Morgan fingerprint density at radius 2 is 2.50 bits per heavy atom. The fourth-order valence-electron chi connectivity index (χ4n) is 0.858. The third-order valence-corrected chi connectivity index (χ3v) is 2.37. The smallest absolute Gasteiger partial charge is 0.210 e. The molecule has 0 unspecified atom stereocenters. The number of thiazole rings is 1. The van der Waals surface area contributed by atoms with Gasteiger partial charge in [0.2, 0.25) is 5.13 Å². The lowest BCUT2D eigenvalue weighted by Gasteiger charge is -1.90. The monoisotopic (exact) mass is 181 g/mol. The van der Waals surface area contributed by atoms with Crippen LogP contribution in [-0.2, 0) is 6.61 Å². The quantitative estimate of drug-likeness (QED) is 0.746. The summed E-state index contributed by atoms with van der Waals surface area (Å²) in [4.78, 5) is 4.94. The molecule has 12 heavy (non-hydrogen) atoms. The van der Waals surface area contributed by atoms with Crippen LogP contribution in [0.5, 0.6) is 0 Å². The second kappa shape index (κ2) is 3.04. The number of aromatic nitrogens is 3. The molecule has 0 aromatic carbocycles. The van der Waals surface area contributed by atoms with Gasteiger partial charge in [0.1, 0.15) is 0 Å². The zero-order valence-electron chi connectivity index (χ0n) is 6.21. The van der Waals surface area contributed by atoms with Gasteiger partial charge >= 0.3 is 0 Å². The molecule has 0 bridgehead atoms. The second-order valence-corrected chi connectivity index (χ2v) is 3.31. The van der Waals surface area contributed by atoms with Crippen LogP contribution in [0.2, 0.25) is 0 Å². The van der Waals surface area contributed by atoms with Crippen LogP contribution in [0.4, 0.5) is 0 Å². The lowest BCUT2D eigenvalue weighted by atomic mass is 10.6. The SMILES string of the molecule is OCc1cnc(-n2cccn2)s1. The van der Waals surface area contributed by atoms with E-state index in [9.17, 15) is 0 Å². The summed E-state index contributed by atoms with van der Waals surface area (Å²) >= 11 is 1.43. The Labute approximate surface area is 73.1 Å². The molecular weight excluding hydrogens is 174 g/mol. The third-order valence-electron chi connectivity index (χ3n) is 1.40. The van der Waals surface area contributed by atoms with Crippen LogP contribution in [0.15, 0.2) is 24.7 Å². The van der Waals surface area contributed by atoms with Crippen molar-refractivity contribution in [1.29, 1.82) is 0 Å². The lowest BCUT2D eigenvalue weighted by molar-refractivity contribution is 0.285. The van der Waals surface area contributed by atoms with Crippen molar-refractivity contribution in [2.24, 2.45) is 0 Å². The Kier molecular flexibility index (Phi) is 1.89. The molecule has 62 valence electrons. The van der Waals surface area contributed by atoms with Gasteiger partial charge in [-0.2, -0.15) is 5.10 Å². The van der Waals surface area contributed by atoms with Crippen molar-refractivity contribution in [3.63, 3.8) is 0 Å². The Bertz CT molecular complexity index is 354. The fourth-order valence-corrected chi connectivity index (χ4v) is 1.57. The first-order chi connectivity index (χ1) is 5.90. The van der Waals surface area contributed by atoms with Crippen molar-refractivity contribution in [3.05, 3.63) is 29.5 Å². The van der Waals surface area contributed by atoms with Crippen molar-refractivity contribution in [2.75, 3.05) is 0 Å². The van der Waals surface area contributed by atoms with E-state index in [4.69, 9.17) is 5.11 Å². The largest absolute Gasteiger partial charge is 0.391 e. The van der Waals surface area contributed by atoms with Gasteiger partial charge in [0.05, 0.1) is 11.5 Å². The lowest BCUT2D eigenvalue weighted by Crippen LogP contribution is -1.91. The Hall–Kier alpha value is -1.20. The van der Waals surface area contributed by atoms with Gasteiger partial charge in [-0.1, -0.05) is 11.3 Å². The molecule has 2 aromatic heterocycles. The van der Waals surface area contributed by atoms with Crippen molar-refractivity contribution in [1.82, 2.24) is 14.8 Å². The summed E-state index contributed by atoms with van der Waals surface area (Å²) in [5.74, 6) is 0. The maximum absolute atomic E-state index is 8.79. The molecule has 0 fully saturated rings. The van der Waals surface area contributed by atoms with Gasteiger partial charge < -0.3 is 5.11 Å². The van der Waals surface area contributed by atoms with Crippen LogP contribution >= 0.6 is 11.3 Å². The first-order valence-corrected chi connectivity index (χ1v) is 4.27. The minimum absolute atomic E-state index is 0.0406. The summed E-state index contributed by atoms with van der Waals surface area (Å²) in [6, 6.07) is 1.83. The third kappa shape index (κ3) is 1.24. The van der Waals surface area contributed by atoms with Crippen molar-refractivity contribution in [3.8, 4) is 5.13 Å². The Morgan fingerprint density at radius 1 is 1.58 bits per heavy atom. The molecule has 0 amide bonds. The highest BCUT2D eigenvalue weighted by Crippen LogP contribution is 2.15.